The molecule has 0 spiro atoms. The Labute approximate surface area is 144 Å². The zero-order valence-electron chi connectivity index (χ0n) is 13.6. The van der Waals surface area contributed by atoms with E-state index < -0.39 is 11.6 Å². The van der Waals surface area contributed by atoms with Crippen LogP contribution in [0.1, 0.15) is 11.4 Å². The second-order valence-electron chi connectivity index (χ2n) is 5.94. The minimum atomic E-state index is -0.899. The van der Waals surface area contributed by atoms with Crippen molar-refractivity contribution in [3.05, 3.63) is 71.6 Å². The van der Waals surface area contributed by atoms with E-state index in [4.69, 9.17) is 0 Å². The predicted octanol–water partition coefficient (Wildman–Crippen LogP) is 4.50. The van der Waals surface area contributed by atoms with Gasteiger partial charge in [0.15, 0.2) is 11.6 Å². The van der Waals surface area contributed by atoms with Crippen molar-refractivity contribution < 1.29 is 8.78 Å². The van der Waals surface area contributed by atoms with Crippen molar-refractivity contribution in [1.29, 1.82) is 0 Å². The van der Waals surface area contributed by atoms with Crippen molar-refractivity contribution in [3.63, 3.8) is 0 Å². The van der Waals surface area contributed by atoms with Gasteiger partial charge in [0.2, 0.25) is 0 Å². The number of nitrogens with zero attached hydrogens (tertiary/aromatic N) is 3. The van der Waals surface area contributed by atoms with Gasteiger partial charge in [-0.15, -0.1) is 0 Å². The van der Waals surface area contributed by atoms with E-state index in [9.17, 15) is 8.78 Å². The third kappa shape index (κ3) is 3.03. The molecule has 1 aromatic heterocycles. The van der Waals surface area contributed by atoms with E-state index in [1.807, 2.05) is 25.1 Å². The van der Waals surface area contributed by atoms with Crippen molar-refractivity contribution in [2.45, 2.75) is 13.3 Å². The van der Waals surface area contributed by atoms with E-state index in [-0.39, 0.29) is 0 Å². The fraction of sp³-hybridized carbons (Fsp3) is 0.158. The number of anilines is 4. The largest absolute Gasteiger partial charge is 0.340 e. The summed E-state index contributed by atoms with van der Waals surface area (Å²) in [6.07, 6.45) is 0.963. The van der Waals surface area contributed by atoms with Gasteiger partial charge in [0, 0.05) is 30.1 Å². The Morgan fingerprint density at radius 3 is 2.68 bits per heavy atom. The average molecular weight is 338 g/mol. The van der Waals surface area contributed by atoms with Crippen LogP contribution in [0.25, 0.3) is 0 Å². The van der Waals surface area contributed by atoms with Gasteiger partial charge >= 0.3 is 0 Å². The zero-order chi connectivity index (χ0) is 17.4. The lowest BCUT2D eigenvalue weighted by Gasteiger charge is -2.19. The molecule has 0 saturated carbocycles. The van der Waals surface area contributed by atoms with Gasteiger partial charge in [-0.2, -0.15) is 0 Å². The molecule has 126 valence electrons. The highest BCUT2D eigenvalue weighted by Gasteiger charge is 2.21. The number of aryl methyl sites for hydroxylation is 1. The van der Waals surface area contributed by atoms with Crippen molar-refractivity contribution in [2.24, 2.45) is 0 Å². The smallest absolute Gasteiger partial charge is 0.160 e. The fourth-order valence-electron chi connectivity index (χ4n) is 3.05. The summed E-state index contributed by atoms with van der Waals surface area (Å²) in [5.74, 6) is 0.149. The van der Waals surface area contributed by atoms with Crippen LogP contribution in [0.5, 0.6) is 0 Å². The molecule has 0 aliphatic carbocycles. The number of fused-ring (bicyclic) bond motifs is 1. The van der Waals surface area contributed by atoms with Gasteiger partial charge in [-0.3, -0.25) is 0 Å². The first-order valence-electron chi connectivity index (χ1n) is 8.03. The summed E-state index contributed by atoms with van der Waals surface area (Å²) in [6, 6.07) is 13.7. The third-order valence-electron chi connectivity index (χ3n) is 4.18. The highest BCUT2D eigenvalue weighted by atomic mass is 19.2. The molecule has 0 saturated heterocycles. The van der Waals surface area contributed by atoms with Crippen LogP contribution in [-0.4, -0.2) is 16.5 Å². The number of benzene rings is 2. The first-order chi connectivity index (χ1) is 12.1. The van der Waals surface area contributed by atoms with Crippen LogP contribution in [0.3, 0.4) is 0 Å². The molecule has 1 aliphatic rings. The maximum atomic E-state index is 13.4. The number of hydrogen-bond acceptors (Lipinski definition) is 4. The first kappa shape index (κ1) is 15.5. The Hall–Kier alpha value is -3.02. The van der Waals surface area contributed by atoms with Crippen LogP contribution in [0.2, 0.25) is 0 Å². The van der Waals surface area contributed by atoms with E-state index in [0.29, 0.717) is 17.3 Å². The van der Waals surface area contributed by atoms with Gasteiger partial charge < -0.3 is 10.2 Å². The summed E-state index contributed by atoms with van der Waals surface area (Å²) in [4.78, 5) is 11.0. The molecular formula is C19H16F2N4. The van der Waals surface area contributed by atoms with Crippen molar-refractivity contribution in [2.75, 3.05) is 16.8 Å². The van der Waals surface area contributed by atoms with Gasteiger partial charge in [0.1, 0.15) is 17.5 Å². The normalized spacial score (nSPS) is 13.0. The van der Waals surface area contributed by atoms with Gasteiger partial charge in [-0.1, -0.05) is 18.2 Å². The summed E-state index contributed by atoms with van der Waals surface area (Å²) in [5, 5.41) is 3.02. The third-order valence-corrected chi connectivity index (χ3v) is 4.18. The van der Waals surface area contributed by atoms with E-state index in [1.165, 1.54) is 11.6 Å². The molecule has 6 heteroatoms. The summed E-state index contributed by atoms with van der Waals surface area (Å²) in [5.41, 5.74) is 2.86. The minimum absolute atomic E-state index is 0.435. The van der Waals surface area contributed by atoms with Crippen LogP contribution >= 0.6 is 0 Å². The van der Waals surface area contributed by atoms with Crippen LogP contribution in [0.4, 0.5) is 31.8 Å². The minimum Gasteiger partial charge on any atom is -0.340 e. The molecule has 2 aromatic carbocycles. The quantitative estimate of drug-likeness (QED) is 0.763. The molecule has 0 atom stereocenters. The fourth-order valence-corrected chi connectivity index (χ4v) is 3.05. The lowest BCUT2D eigenvalue weighted by atomic mass is 10.2. The van der Waals surface area contributed by atoms with Crippen LogP contribution in [0.15, 0.2) is 48.5 Å². The van der Waals surface area contributed by atoms with Gasteiger partial charge in [-0.05, 0) is 37.1 Å². The Kier molecular flexibility index (Phi) is 3.80. The molecule has 0 radical (unpaired) electrons. The molecule has 1 N–H and O–H groups in total. The zero-order valence-corrected chi connectivity index (χ0v) is 13.6. The number of aromatic nitrogens is 2. The molecule has 0 fully saturated rings. The molecule has 4 rings (SSSR count). The van der Waals surface area contributed by atoms with Gasteiger partial charge in [-0.25, -0.2) is 18.7 Å². The topological polar surface area (TPSA) is 41.1 Å². The summed E-state index contributed by atoms with van der Waals surface area (Å²) in [7, 11) is 0. The molecule has 4 nitrogen and oxygen atoms in total. The SMILES string of the molecule is Cc1nc(Nc2ccc(F)c(F)c2)cc(N2CCc3ccccc32)n1. The van der Waals surface area contributed by atoms with E-state index in [0.717, 1.165) is 36.6 Å². The van der Waals surface area contributed by atoms with Crippen molar-refractivity contribution >= 4 is 23.0 Å². The van der Waals surface area contributed by atoms with Crippen molar-refractivity contribution in [3.8, 4) is 0 Å². The molecule has 0 bridgehead atoms. The van der Waals surface area contributed by atoms with Crippen LogP contribution in [0, 0.1) is 18.6 Å². The molecule has 0 unspecified atom stereocenters. The molecule has 2 heterocycles. The highest BCUT2D eigenvalue weighted by Crippen LogP contribution is 2.34. The number of para-hydroxylation sites is 1. The monoisotopic (exact) mass is 338 g/mol. The van der Waals surface area contributed by atoms with Gasteiger partial charge in [0.05, 0.1) is 0 Å². The Morgan fingerprint density at radius 2 is 1.84 bits per heavy atom. The average Bonchev–Trinajstić information content (AvgIpc) is 3.02. The Balaban J connectivity index is 1.66. The summed E-state index contributed by atoms with van der Waals surface area (Å²) < 4.78 is 26.5. The molecular weight excluding hydrogens is 322 g/mol. The second kappa shape index (κ2) is 6.12. The standard InChI is InChI=1S/C19H16F2N4/c1-12-22-18(24-14-6-7-15(20)16(21)10-14)11-19(23-12)25-9-8-13-4-2-3-5-17(13)25/h2-7,10-11H,8-9H2,1H3,(H,22,23,24). The van der Waals surface area contributed by atoms with E-state index in [1.54, 1.807) is 0 Å². The Morgan fingerprint density at radius 1 is 1.00 bits per heavy atom. The van der Waals surface area contributed by atoms with Crippen LogP contribution < -0.4 is 10.2 Å². The predicted molar refractivity (Wildman–Crippen MR) is 93.6 cm³/mol. The second-order valence-corrected chi connectivity index (χ2v) is 5.94. The molecule has 3 aromatic rings. The maximum Gasteiger partial charge on any atom is 0.160 e. The first-order valence-corrected chi connectivity index (χ1v) is 8.03. The number of halogens is 2. The van der Waals surface area contributed by atoms with E-state index in [2.05, 4.69) is 32.3 Å². The lowest BCUT2D eigenvalue weighted by Crippen LogP contribution is -2.16. The number of nitrogens with one attached hydrogen (secondary N) is 1. The summed E-state index contributed by atoms with van der Waals surface area (Å²) in [6.45, 7) is 2.66. The number of rotatable bonds is 3. The summed E-state index contributed by atoms with van der Waals surface area (Å²) >= 11 is 0. The molecule has 25 heavy (non-hydrogen) atoms. The molecule has 1 aliphatic heterocycles. The maximum absolute atomic E-state index is 13.4. The highest BCUT2D eigenvalue weighted by molar-refractivity contribution is 5.70. The lowest BCUT2D eigenvalue weighted by molar-refractivity contribution is 0.509. The van der Waals surface area contributed by atoms with Crippen LogP contribution in [-0.2, 0) is 6.42 Å². The number of hydrogen-bond donors (Lipinski definition) is 1. The molecule has 0 amide bonds. The van der Waals surface area contributed by atoms with E-state index >= 15 is 0 Å². The Bertz CT molecular complexity index is 942. The van der Waals surface area contributed by atoms with Gasteiger partial charge in [0.25, 0.3) is 0 Å². The van der Waals surface area contributed by atoms with Crippen molar-refractivity contribution in [1.82, 2.24) is 9.97 Å².